The van der Waals surface area contributed by atoms with Gasteiger partial charge >= 0.3 is 23.9 Å². The third-order valence-corrected chi connectivity index (χ3v) is 9.03. The minimum absolute atomic E-state index is 0.108. The summed E-state index contributed by atoms with van der Waals surface area (Å²) in [6, 6.07) is 9.31. The molecule has 2 saturated heterocycles. The first-order chi connectivity index (χ1) is 21.5. The van der Waals surface area contributed by atoms with E-state index in [0.29, 0.717) is 18.8 Å². The van der Waals surface area contributed by atoms with Crippen molar-refractivity contribution in [2.24, 2.45) is 17.8 Å². The quantitative estimate of drug-likeness (QED) is 0.0863. The maximum Gasteiger partial charge on any atom is 0.344 e. The minimum Gasteiger partial charge on any atom is -0.479 e. The van der Waals surface area contributed by atoms with Crippen molar-refractivity contribution in [3.8, 4) is 0 Å². The lowest BCUT2D eigenvalue weighted by Crippen LogP contribution is -2.78. The molecule has 254 valence electrons. The number of carbonyl (C=O) groups excluding carboxylic acids is 1. The van der Waals surface area contributed by atoms with Crippen LogP contribution in [0.15, 0.2) is 54.6 Å². The van der Waals surface area contributed by atoms with Gasteiger partial charge in [0.15, 0.2) is 6.10 Å². The topological polar surface area (TPSA) is 217 Å². The third-order valence-electron chi connectivity index (χ3n) is 9.03. The van der Waals surface area contributed by atoms with Gasteiger partial charge in [0.25, 0.3) is 0 Å². The van der Waals surface area contributed by atoms with Crippen molar-refractivity contribution in [1.82, 2.24) is 0 Å². The van der Waals surface area contributed by atoms with Gasteiger partial charge in [-0.15, -0.1) is 0 Å². The van der Waals surface area contributed by atoms with E-state index < -0.39 is 71.7 Å². The Morgan fingerprint density at radius 3 is 2.24 bits per heavy atom. The Hall–Kier alpha value is -3.62. The molecule has 1 aromatic carbocycles. The molecule has 46 heavy (non-hydrogen) atoms. The summed E-state index contributed by atoms with van der Waals surface area (Å²) in [7, 11) is 0. The van der Waals surface area contributed by atoms with Crippen LogP contribution in [-0.2, 0) is 39.8 Å². The van der Waals surface area contributed by atoms with E-state index in [9.17, 15) is 49.8 Å². The van der Waals surface area contributed by atoms with Gasteiger partial charge in [-0.05, 0) is 48.2 Å². The largest absolute Gasteiger partial charge is 0.479 e. The van der Waals surface area contributed by atoms with Crippen molar-refractivity contribution in [3.63, 3.8) is 0 Å². The monoisotopic (exact) mass is 648 g/mol. The molecule has 2 aliphatic rings. The highest BCUT2D eigenvalue weighted by Gasteiger charge is 2.85. The SMILES string of the molecule is C=C(CC[C@]12O[C@H](C(=O)O)[C@@](O)(C(=O)O)[C@](C(=O)O)(O1)[C@H](OC(=O)C=C[C@@H](C)C[C@@H](C)CC)[C@H]2O)[C@@H](O)[C@H](C)Cc1ccccc1. The molecule has 2 fully saturated rings. The second kappa shape index (κ2) is 14.4. The Morgan fingerprint density at radius 1 is 1.07 bits per heavy atom. The van der Waals surface area contributed by atoms with Crippen LogP contribution in [0.3, 0.4) is 0 Å². The molecule has 6 N–H and O–H groups in total. The summed E-state index contributed by atoms with van der Waals surface area (Å²) in [6.45, 7) is 11.5. The van der Waals surface area contributed by atoms with E-state index in [1.807, 2.05) is 51.1 Å². The summed E-state index contributed by atoms with van der Waals surface area (Å²) in [4.78, 5) is 50.5. The summed E-state index contributed by atoms with van der Waals surface area (Å²) >= 11 is 0. The molecule has 13 heteroatoms. The Balaban J connectivity index is 1.96. The number of rotatable bonds is 16. The molecule has 2 bridgehead atoms. The number of hydrogen-bond donors (Lipinski definition) is 6. The zero-order valence-corrected chi connectivity index (χ0v) is 26.4. The van der Waals surface area contributed by atoms with Gasteiger partial charge in [0.2, 0.25) is 23.1 Å². The van der Waals surface area contributed by atoms with Crippen LogP contribution in [0.25, 0.3) is 0 Å². The molecule has 1 aromatic rings. The van der Waals surface area contributed by atoms with Crippen molar-refractivity contribution in [1.29, 1.82) is 0 Å². The Bertz CT molecular complexity index is 1330. The van der Waals surface area contributed by atoms with Crippen LogP contribution in [0, 0.1) is 17.8 Å². The van der Waals surface area contributed by atoms with E-state index >= 15 is 0 Å². The average molecular weight is 649 g/mol. The van der Waals surface area contributed by atoms with Gasteiger partial charge in [-0.3, -0.25) is 0 Å². The van der Waals surface area contributed by atoms with Crippen molar-refractivity contribution in [2.75, 3.05) is 0 Å². The number of hydrogen-bond acceptors (Lipinski definition) is 10. The zero-order chi connectivity index (χ0) is 34.6. The molecular formula is C33H44O13. The van der Waals surface area contributed by atoms with E-state index in [0.717, 1.165) is 18.1 Å². The van der Waals surface area contributed by atoms with Gasteiger partial charge in [0.1, 0.15) is 6.10 Å². The number of benzene rings is 1. The van der Waals surface area contributed by atoms with Gasteiger partial charge < -0.3 is 44.8 Å². The fourth-order valence-electron chi connectivity index (χ4n) is 6.22. The van der Waals surface area contributed by atoms with Gasteiger partial charge in [0.05, 0.1) is 6.10 Å². The van der Waals surface area contributed by atoms with Gasteiger partial charge in [-0.1, -0.05) is 77.1 Å². The van der Waals surface area contributed by atoms with E-state index in [2.05, 4.69) is 6.58 Å². The van der Waals surface area contributed by atoms with Crippen LogP contribution in [0.2, 0.25) is 0 Å². The second-order valence-corrected chi connectivity index (χ2v) is 12.5. The van der Waals surface area contributed by atoms with E-state index in [-0.39, 0.29) is 23.8 Å². The fraction of sp³-hybridized carbons (Fsp3) is 0.576. The molecule has 0 radical (unpaired) electrons. The molecule has 2 heterocycles. The molecule has 0 unspecified atom stereocenters. The first kappa shape index (κ1) is 36.8. The summed E-state index contributed by atoms with van der Waals surface area (Å²) < 4.78 is 16.3. The van der Waals surface area contributed by atoms with Crippen LogP contribution in [0.5, 0.6) is 0 Å². The number of esters is 1. The Kier molecular flexibility index (Phi) is 11.6. The first-order valence-electron chi connectivity index (χ1n) is 15.2. The highest BCUT2D eigenvalue weighted by molar-refractivity contribution is 5.98. The van der Waals surface area contributed by atoms with Crippen molar-refractivity contribution in [2.45, 2.75) is 101 Å². The summed E-state index contributed by atoms with van der Waals surface area (Å²) in [6.07, 6.45) is -4.84. The minimum atomic E-state index is -3.87. The Morgan fingerprint density at radius 2 is 1.70 bits per heavy atom. The molecule has 2 aliphatic heterocycles. The van der Waals surface area contributed by atoms with Crippen LogP contribution < -0.4 is 0 Å². The second-order valence-electron chi connectivity index (χ2n) is 12.5. The van der Waals surface area contributed by atoms with Crippen molar-refractivity contribution < 1.29 is 64.0 Å². The van der Waals surface area contributed by atoms with Gasteiger partial charge in [0, 0.05) is 12.5 Å². The van der Waals surface area contributed by atoms with E-state index in [1.165, 1.54) is 6.08 Å². The lowest BCUT2D eigenvalue weighted by Gasteiger charge is -2.48. The molecule has 13 nitrogen and oxygen atoms in total. The molecule has 0 saturated carbocycles. The lowest BCUT2D eigenvalue weighted by molar-refractivity contribution is -0.374. The zero-order valence-electron chi connectivity index (χ0n) is 26.4. The highest BCUT2D eigenvalue weighted by atomic mass is 16.8. The predicted octanol–water partition coefficient (Wildman–Crippen LogP) is 2.31. The van der Waals surface area contributed by atoms with E-state index in [4.69, 9.17) is 14.2 Å². The van der Waals surface area contributed by atoms with Gasteiger partial charge in [-0.2, -0.15) is 0 Å². The maximum absolute atomic E-state index is 12.9. The molecule has 0 aliphatic carbocycles. The number of ether oxygens (including phenoxy) is 3. The number of aliphatic hydroxyl groups excluding tert-OH is 2. The normalized spacial score (nSPS) is 31.5. The number of aliphatic hydroxyl groups is 3. The van der Waals surface area contributed by atoms with Gasteiger partial charge in [-0.25, -0.2) is 19.2 Å². The molecule has 0 aromatic heterocycles. The summed E-state index contributed by atoms with van der Waals surface area (Å²) in [5, 5.41) is 64.1. The summed E-state index contributed by atoms with van der Waals surface area (Å²) in [5.74, 6) is -10.6. The standard InChI is InChI=1S/C33H44O13/c1-6-18(2)16-19(3)12-13-23(34)44-26-25(36)31(15-14-20(4)24(35)21(5)17-22-10-8-7-9-11-22)45-27(28(37)38)32(43,29(39)40)33(26,46-31)30(41)42/h7-13,18-19,21,24-27,35-36,43H,4,6,14-17H2,1-3,5H3,(H,37,38)(H,39,40)(H,41,42)/t18-,19+,21+,24+,25+,26+,27+,31-,32+,33-/m0/s1. The Labute approximate surface area is 267 Å². The maximum atomic E-state index is 12.9. The molecular weight excluding hydrogens is 604 g/mol. The number of carbonyl (C=O) groups is 4. The number of carboxylic acids is 3. The van der Waals surface area contributed by atoms with Crippen LogP contribution in [0.4, 0.5) is 0 Å². The molecule has 10 atom stereocenters. The first-order valence-corrected chi connectivity index (χ1v) is 15.2. The number of allylic oxidation sites excluding steroid dienone is 1. The predicted molar refractivity (Wildman–Crippen MR) is 161 cm³/mol. The smallest absolute Gasteiger partial charge is 0.344 e. The van der Waals surface area contributed by atoms with E-state index in [1.54, 1.807) is 6.92 Å². The number of fused-ring (bicyclic) bond motifs is 2. The molecule has 3 rings (SSSR count). The fourth-order valence-corrected chi connectivity index (χ4v) is 6.22. The number of aliphatic carboxylic acids is 3. The van der Waals surface area contributed by atoms with Crippen LogP contribution >= 0.6 is 0 Å². The van der Waals surface area contributed by atoms with Crippen molar-refractivity contribution in [3.05, 3.63) is 60.2 Å². The molecule has 0 amide bonds. The summed E-state index contributed by atoms with van der Waals surface area (Å²) in [5.41, 5.74) is -6.25. The van der Waals surface area contributed by atoms with Crippen molar-refractivity contribution >= 4 is 23.9 Å². The van der Waals surface area contributed by atoms with Crippen LogP contribution in [0.1, 0.15) is 58.9 Å². The van der Waals surface area contributed by atoms with Crippen LogP contribution in [-0.4, -0.2) is 95.9 Å². The molecule has 0 spiro atoms. The lowest BCUT2D eigenvalue weighted by atomic mass is 9.74. The number of carboxylic acid groups (broad SMARTS) is 3. The third kappa shape index (κ3) is 6.88. The highest BCUT2D eigenvalue weighted by Crippen LogP contribution is 2.55. The average Bonchev–Trinajstić information content (AvgIpc) is 3.22.